The number of amides is 1. The molecule has 0 saturated heterocycles. The summed E-state index contributed by atoms with van der Waals surface area (Å²) >= 11 is 5.91. The van der Waals surface area contributed by atoms with Crippen molar-refractivity contribution in [3.63, 3.8) is 0 Å². The van der Waals surface area contributed by atoms with Gasteiger partial charge in [0.05, 0.1) is 0 Å². The minimum absolute atomic E-state index is 0.000521. The van der Waals surface area contributed by atoms with Crippen LogP contribution in [0.2, 0.25) is 0 Å². The Morgan fingerprint density at radius 3 is 2.76 bits per heavy atom. The lowest BCUT2D eigenvalue weighted by atomic mass is 9.89. The van der Waals surface area contributed by atoms with Crippen LogP contribution in [0.3, 0.4) is 0 Å². The maximum atomic E-state index is 12.9. The highest BCUT2D eigenvalue weighted by molar-refractivity contribution is 6.18. The van der Waals surface area contributed by atoms with Gasteiger partial charge in [0.2, 0.25) is 5.91 Å². The molecular formula is C18H24ClNO. The molecule has 114 valence electrons. The molecule has 2 nitrogen and oxygen atoms in total. The van der Waals surface area contributed by atoms with Crippen LogP contribution in [-0.4, -0.2) is 23.2 Å². The Morgan fingerprint density at radius 1 is 1.29 bits per heavy atom. The first kappa shape index (κ1) is 16.1. The predicted octanol–water partition coefficient (Wildman–Crippen LogP) is 4.25. The predicted molar refractivity (Wildman–Crippen MR) is 88.2 cm³/mol. The van der Waals surface area contributed by atoms with Gasteiger partial charge in [0.15, 0.2) is 0 Å². The Labute approximate surface area is 132 Å². The number of alkyl halides is 1. The highest BCUT2D eigenvalue weighted by Gasteiger charge is 2.28. The van der Waals surface area contributed by atoms with Crippen molar-refractivity contribution in [3.8, 4) is 0 Å². The van der Waals surface area contributed by atoms with Crippen LogP contribution in [0.25, 0.3) is 0 Å². The number of rotatable bonds is 4. The second-order valence-electron chi connectivity index (χ2n) is 5.76. The molecule has 1 aromatic carbocycles. The largest absolute Gasteiger partial charge is 0.338 e. The molecule has 0 N–H and O–H groups in total. The summed E-state index contributed by atoms with van der Waals surface area (Å²) < 4.78 is 0. The fourth-order valence-electron chi connectivity index (χ4n) is 2.88. The summed E-state index contributed by atoms with van der Waals surface area (Å²) in [5.74, 6) is 1.04. The normalized spacial score (nSPS) is 25.0. The van der Waals surface area contributed by atoms with Crippen molar-refractivity contribution in [1.82, 2.24) is 4.90 Å². The van der Waals surface area contributed by atoms with Crippen molar-refractivity contribution < 1.29 is 4.79 Å². The number of benzene rings is 1. The molecular weight excluding hydrogens is 282 g/mol. The minimum Gasteiger partial charge on any atom is -0.338 e. The van der Waals surface area contributed by atoms with Gasteiger partial charge in [0.25, 0.3) is 0 Å². The van der Waals surface area contributed by atoms with E-state index in [9.17, 15) is 4.79 Å². The number of halogens is 1. The fourth-order valence-corrected chi connectivity index (χ4v) is 3.11. The summed E-state index contributed by atoms with van der Waals surface area (Å²) in [4.78, 5) is 14.9. The van der Waals surface area contributed by atoms with Crippen LogP contribution in [0, 0.1) is 11.8 Å². The van der Waals surface area contributed by atoms with Gasteiger partial charge in [-0.1, -0.05) is 49.4 Å². The number of hydrogen-bond donors (Lipinski definition) is 0. The van der Waals surface area contributed by atoms with Gasteiger partial charge >= 0.3 is 0 Å². The molecule has 2 atom stereocenters. The van der Waals surface area contributed by atoms with Gasteiger partial charge in [0.1, 0.15) is 0 Å². The summed E-state index contributed by atoms with van der Waals surface area (Å²) in [5.41, 5.74) is 1.19. The molecule has 0 radical (unpaired) electrons. The first-order chi connectivity index (χ1) is 10.2. The summed E-state index contributed by atoms with van der Waals surface area (Å²) in [6.45, 7) is 3.65. The van der Waals surface area contributed by atoms with Gasteiger partial charge in [-0.15, -0.1) is 11.6 Å². The van der Waals surface area contributed by atoms with Gasteiger partial charge in [-0.05, 0) is 30.7 Å². The van der Waals surface area contributed by atoms with Crippen LogP contribution in [0.1, 0.15) is 31.7 Å². The molecule has 2 rings (SSSR count). The van der Waals surface area contributed by atoms with E-state index >= 15 is 0 Å². The smallest absolute Gasteiger partial charge is 0.226 e. The first-order valence-electron chi connectivity index (χ1n) is 7.77. The Kier molecular flexibility index (Phi) is 6.31. The molecule has 21 heavy (non-hydrogen) atoms. The van der Waals surface area contributed by atoms with Gasteiger partial charge in [-0.3, -0.25) is 4.79 Å². The average Bonchev–Trinajstić information content (AvgIpc) is 2.56. The number of carbonyl (C=O) groups excluding carboxylic acids is 1. The van der Waals surface area contributed by atoms with Crippen LogP contribution in [0.15, 0.2) is 42.5 Å². The Balaban J connectivity index is 2.16. The molecule has 1 heterocycles. The minimum atomic E-state index is 0.000521. The standard InChI is InChI=1S/C18H24ClNO/c1-15-8-4-3-7-13-20(18(21)17(15)11-12-19)14-16-9-5-2-6-10-16/h2,4-6,8-10,15,17H,3,7,11-14H2,1H3/b8-4+/t15-,17-/m0/s1. The molecule has 0 aliphatic carbocycles. The van der Waals surface area contributed by atoms with E-state index in [-0.39, 0.29) is 17.7 Å². The van der Waals surface area contributed by atoms with E-state index in [2.05, 4.69) is 31.2 Å². The van der Waals surface area contributed by atoms with E-state index in [0.29, 0.717) is 12.4 Å². The lowest BCUT2D eigenvalue weighted by molar-refractivity contribution is -0.137. The molecule has 0 bridgehead atoms. The first-order valence-corrected chi connectivity index (χ1v) is 8.31. The Bertz CT molecular complexity index is 471. The number of hydrogen-bond acceptors (Lipinski definition) is 1. The lowest BCUT2D eigenvalue weighted by Gasteiger charge is -2.28. The third kappa shape index (κ3) is 4.60. The summed E-state index contributed by atoms with van der Waals surface area (Å²) in [5, 5.41) is 0. The highest BCUT2D eigenvalue weighted by Crippen LogP contribution is 2.24. The average molecular weight is 306 g/mol. The molecule has 0 fully saturated rings. The van der Waals surface area contributed by atoms with Crippen molar-refractivity contribution >= 4 is 17.5 Å². The molecule has 0 aromatic heterocycles. The SMILES string of the molecule is C[C@H]1/C=C/CCCN(Cc2ccccc2)C(=O)[C@H]1CCCl. The Morgan fingerprint density at radius 2 is 2.05 bits per heavy atom. The van der Waals surface area contributed by atoms with Crippen LogP contribution < -0.4 is 0 Å². The van der Waals surface area contributed by atoms with E-state index in [0.717, 1.165) is 25.8 Å². The topological polar surface area (TPSA) is 20.3 Å². The van der Waals surface area contributed by atoms with Crippen molar-refractivity contribution in [2.45, 2.75) is 32.7 Å². The lowest BCUT2D eigenvalue weighted by Crippen LogP contribution is -2.38. The van der Waals surface area contributed by atoms with Gasteiger partial charge in [-0.25, -0.2) is 0 Å². The van der Waals surface area contributed by atoms with E-state index < -0.39 is 0 Å². The third-order valence-electron chi connectivity index (χ3n) is 4.14. The maximum absolute atomic E-state index is 12.9. The monoisotopic (exact) mass is 305 g/mol. The molecule has 1 aliphatic heterocycles. The van der Waals surface area contributed by atoms with E-state index in [1.165, 1.54) is 5.56 Å². The number of allylic oxidation sites excluding steroid dienone is 2. The van der Waals surface area contributed by atoms with Gasteiger partial charge in [-0.2, -0.15) is 0 Å². The van der Waals surface area contributed by atoms with Crippen LogP contribution in [0.5, 0.6) is 0 Å². The van der Waals surface area contributed by atoms with Crippen molar-refractivity contribution in [2.24, 2.45) is 11.8 Å². The third-order valence-corrected chi connectivity index (χ3v) is 4.36. The van der Waals surface area contributed by atoms with Gasteiger partial charge in [0, 0.05) is 24.9 Å². The van der Waals surface area contributed by atoms with E-state index in [1.54, 1.807) is 0 Å². The molecule has 1 amide bonds. The highest BCUT2D eigenvalue weighted by atomic mass is 35.5. The molecule has 3 heteroatoms. The molecule has 0 unspecified atom stereocenters. The van der Waals surface area contributed by atoms with Crippen molar-refractivity contribution in [1.29, 1.82) is 0 Å². The van der Waals surface area contributed by atoms with Crippen molar-refractivity contribution in [2.75, 3.05) is 12.4 Å². The second kappa shape index (κ2) is 8.23. The van der Waals surface area contributed by atoms with Crippen LogP contribution in [0.4, 0.5) is 0 Å². The summed E-state index contributed by atoms with van der Waals surface area (Å²) in [6, 6.07) is 10.2. The fraction of sp³-hybridized carbons (Fsp3) is 0.500. The molecule has 0 saturated carbocycles. The summed E-state index contributed by atoms with van der Waals surface area (Å²) in [6.07, 6.45) is 7.20. The van der Waals surface area contributed by atoms with Crippen LogP contribution in [-0.2, 0) is 11.3 Å². The number of nitrogens with zero attached hydrogens (tertiary/aromatic N) is 1. The zero-order valence-electron chi connectivity index (χ0n) is 12.7. The quantitative estimate of drug-likeness (QED) is 0.601. The van der Waals surface area contributed by atoms with Gasteiger partial charge < -0.3 is 4.90 Å². The zero-order chi connectivity index (χ0) is 15.1. The second-order valence-corrected chi connectivity index (χ2v) is 6.14. The van der Waals surface area contributed by atoms with E-state index in [4.69, 9.17) is 11.6 Å². The zero-order valence-corrected chi connectivity index (χ0v) is 13.4. The molecule has 0 spiro atoms. The van der Waals surface area contributed by atoms with E-state index in [1.807, 2.05) is 23.1 Å². The molecule has 1 aliphatic rings. The van der Waals surface area contributed by atoms with Crippen molar-refractivity contribution in [3.05, 3.63) is 48.0 Å². The number of carbonyl (C=O) groups is 1. The summed E-state index contributed by atoms with van der Waals surface area (Å²) in [7, 11) is 0. The molecule has 1 aromatic rings. The Hall–Kier alpha value is -1.28. The maximum Gasteiger partial charge on any atom is 0.226 e. The van der Waals surface area contributed by atoms with Crippen LogP contribution >= 0.6 is 11.6 Å².